The minimum absolute atomic E-state index is 0. The van der Waals surface area contributed by atoms with Crippen molar-refractivity contribution in [3.63, 3.8) is 0 Å². The molecule has 4 heteroatoms. The summed E-state index contributed by atoms with van der Waals surface area (Å²) >= 11 is 0. The first-order valence-corrected chi connectivity index (χ1v) is 0. The molecule has 0 heterocycles. The Bertz CT molecular complexity index is 8.00. The van der Waals surface area contributed by atoms with E-state index >= 15 is 0 Å². The molecular formula is CoNiTiZn+10. The van der Waals surface area contributed by atoms with Gasteiger partial charge in [-0.15, -0.1) is 0 Å². The Morgan fingerprint density at radius 3 is 1.00 bits per heavy atom. The van der Waals surface area contributed by atoms with E-state index in [0.717, 1.165) is 0 Å². The summed E-state index contributed by atoms with van der Waals surface area (Å²) in [6.45, 7) is 0. The minimum Gasteiger partial charge on any atom is 2.00 e. The first-order valence-electron chi connectivity index (χ1n) is 0. The summed E-state index contributed by atoms with van der Waals surface area (Å²) in [5.74, 6) is 0. The van der Waals surface area contributed by atoms with Crippen LogP contribution >= 0.6 is 0 Å². The summed E-state index contributed by atoms with van der Waals surface area (Å²) in [6, 6.07) is 0. The maximum absolute atomic E-state index is 0. The van der Waals surface area contributed by atoms with Crippen molar-refractivity contribution in [2.75, 3.05) is 0 Å². The molecule has 15 valence electrons. The van der Waals surface area contributed by atoms with Crippen LogP contribution in [-0.4, -0.2) is 0 Å². The van der Waals surface area contributed by atoms with Crippen LogP contribution in [0.4, 0.5) is 0 Å². The zero-order valence-corrected chi connectivity index (χ0v) is 8.41. The Morgan fingerprint density at radius 1 is 1.00 bits per heavy atom. The molecule has 0 aliphatic carbocycles. The van der Waals surface area contributed by atoms with Crippen LogP contribution in [0.15, 0.2) is 0 Å². The van der Waals surface area contributed by atoms with Crippen LogP contribution in [0.1, 0.15) is 0 Å². The van der Waals surface area contributed by atoms with Crippen molar-refractivity contribution in [3.05, 3.63) is 0 Å². The first-order chi connectivity index (χ1) is 0. The molecule has 0 saturated heterocycles. The molecule has 0 aliphatic heterocycles. The van der Waals surface area contributed by atoms with Gasteiger partial charge < -0.3 is 0 Å². The van der Waals surface area contributed by atoms with E-state index in [1.807, 2.05) is 0 Å². The van der Waals surface area contributed by atoms with Gasteiger partial charge in [0, 0.05) is 0 Å². The van der Waals surface area contributed by atoms with Crippen molar-refractivity contribution in [3.8, 4) is 0 Å². The molecule has 0 aliphatic rings. The van der Waals surface area contributed by atoms with Gasteiger partial charge in [-0.05, 0) is 0 Å². The Labute approximate surface area is 73.6 Å². The third-order valence-corrected chi connectivity index (χ3v) is 0. The fraction of sp³-hybridized carbons (Fsp3) is 0. The summed E-state index contributed by atoms with van der Waals surface area (Å²) in [5.41, 5.74) is 0. The molecule has 0 unspecified atom stereocenters. The van der Waals surface area contributed by atoms with Gasteiger partial charge in [0.2, 0.25) is 0 Å². The molecule has 0 spiro atoms. The van der Waals surface area contributed by atoms with Crippen LogP contribution < -0.4 is 0 Å². The minimum atomic E-state index is 0. The van der Waals surface area contributed by atoms with Gasteiger partial charge >= 0.3 is 74.5 Å². The van der Waals surface area contributed by atoms with E-state index in [-0.39, 0.29) is 74.5 Å². The maximum atomic E-state index is 0. The van der Waals surface area contributed by atoms with Gasteiger partial charge in [-0.25, -0.2) is 0 Å². The van der Waals surface area contributed by atoms with Crippen LogP contribution in [0.2, 0.25) is 0 Å². The normalized spacial score (nSPS) is 0. The molecule has 1 radical (unpaired) electrons. The molecule has 0 saturated carbocycles. The molecule has 0 rings (SSSR count). The predicted molar refractivity (Wildman–Crippen MR) is 0 cm³/mol. The fourth-order valence-corrected chi connectivity index (χ4v) is 0. The van der Waals surface area contributed by atoms with Gasteiger partial charge in [-0.2, -0.15) is 0 Å². The zero-order chi connectivity index (χ0) is 0. The van der Waals surface area contributed by atoms with Crippen molar-refractivity contribution in [2.45, 2.75) is 0 Å². The molecule has 0 N–H and O–H groups in total. The SMILES string of the molecule is [Co+2].[Ni+2].[Ti+4].[Zn+2]. The molecule has 0 bridgehead atoms. The van der Waals surface area contributed by atoms with Crippen LogP contribution in [0.3, 0.4) is 0 Å². The average molecular weight is 231 g/mol. The first kappa shape index (κ1) is 33.0. The van der Waals surface area contributed by atoms with Gasteiger partial charge in [0.25, 0.3) is 0 Å². The van der Waals surface area contributed by atoms with Gasteiger partial charge in [-0.3, -0.25) is 0 Å². The molecule has 0 aromatic rings. The largest absolute Gasteiger partial charge is 4.00 e. The Balaban J connectivity index is 0. The second kappa shape index (κ2) is 18.4. The predicted octanol–water partition coefficient (Wildman–Crippen LogP) is -0.0100. The summed E-state index contributed by atoms with van der Waals surface area (Å²) in [7, 11) is 0. The van der Waals surface area contributed by atoms with Crippen molar-refractivity contribution in [2.24, 2.45) is 0 Å². The monoisotopic (exact) mass is 229 g/mol. The molecule has 0 amide bonds. The topological polar surface area (TPSA) is 0 Å². The van der Waals surface area contributed by atoms with Gasteiger partial charge in [0.05, 0.1) is 0 Å². The van der Waals surface area contributed by atoms with E-state index in [1.54, 1.807) is 0 Å². The van der Waals surface area contributed by atoms with E-state index < -0.39 is 0 Å². The third-order valence-electron chi connectivity index (χ3n) is 0. The Kier molecular flexibility index (Phi) is 152. The maximum Gasteiger partial charge on any atom is 4.00 e. The second-order valence-electron chi connectivity index (χ2n) is 0. The number of rotatable bonds is 0. The van der Waals surface area contributed by atoms with Gasteiger partial charge in [0.15, 0.2) is 0 Å². The Morgan fingerprint density at radius 2 is 1.00 bits per heavy atom. The van der Waals surface area contributed by atoms with Crippen LogP contribution in [-0.2, 0) is 74.5 Å². The van der Waals surface area contributed by atoms with E-state index in [4.69, 9.17) is 0 Å². The van der Waals surface area contributed by atoms with Crippen molar-refractivity contribution in [1.29, 1.82) is 0 Å². The van der Waals surface area contributed by atoms with Crippen LogP contribution in [0.25, 0.3) is 0 Å². The molecule has 0 aromatic heterocycles. The van der Waals surface area contributed by atoms with Crippen LogP contribution in [0, 0.1) is 0 Å². The molecule has 4 heavy (non-hydrogen) atoms. The molecular weight excluding hydrogens is 231 g/mol. The molecule has 0 nitrogen and oxygen atoms in total. The summed E-state index contributed by atoms with van der Waals surface area (Å²) in [4.78, 5) is 0. The number of hydrogen-bond acceptors (Lipinski definition) is 0. The van der Waals surface area contributed by atoms with Gasteiger partial charge in [-0.1, -0.05) is 0 Å². The second-order valence-corrected chi connectivity index (χ2v) is 0. The summed E-state index contributed by atoms with van der Waals surface area (Å²) in [5, 5.41) is 0. The third kappa shape index (κ3) is 8.84. The van der Waals surface area contributed by atoms with E-state index in [1.165, 1.54) is 0 Å². The smallest absolute Gasteiger partial charge is 2.00 e. The van der Waals surface area contributed by atoms with Crippen molar-refractivity contribution in [1.82, 2.24) is 0 Å². The van der Waals surface area contributed by atoms with Crippen molar-refractivity contribution < 1.29 is 74.5 Å². The van der Waals surface area contributed by atoms with E-state index in [2.05, 4.69) is 0 Å². The fourth-order valence-electron chi connectivity index (χ4n) is 0. The van der Waals surface area contributed by atoms with Gasteiger partial charge in [0.1, 0.15) is 0 Å². The quantitative estimate of drug-likeness (QED) is 0.514. The zero-order valence-electron chi connectivity index (χ0n) is 1.86. The molecule has 0 aromatic carbocycles. The van der Waals surface area contributed by atoms with E-state index in [9.17, 15) is 0 Å². The van der Waals surface area contributed by atoms with E-state index in [0.29, 0.717) is 0 Å². The van der Waals surface area contributed by atoms with Crippen molar-refractivity contribution >= 4 is 0 Å². The van der Waals surface area contributed by atoms with Crippen LogP contribution in [0.5, 0.6) is 0 Å². The standard InChI is InChI=1S/Co.Ni.Ti.Zn/q2*+2;+4;+2. The summed E-state index contributed by atoms with van der Waals surface area (Å²) in [6.07, 6.45) is 0. The molecule has 0 atom stereocenters. The molecule has 0 fully saturated rings. The average Bonchev–Trinajstić information content (AvgIpc) is 0. The number of hydrogen-bond donors (Lipinski definition) is 0. The Hall–Kier alpha value is 2.34. The summed E-state index contributed by atoms with van der Waals surface area (Å²) < 4.78 is 0.